The summed E-state index contributed by atoms with van der Waals surface area (Å²) in [4.78, 5) is 25.2. The lowest BCUT2D eigenvalue weighted by Crippen LogP contribution is -2.53. The van der Waals surface area contributed by atoms with Crippen LogP contribution in [0.4, 0.5) is 0 Å². The number of amides is 2. The molecule has 1 saturated heterocycles. The number of hydrogen-bond donors (Lipinski definition) is 2. The topological polar surface area (TPSA) is 95.6 Å². The molecular formula is C21H31N3O4S2. The summed E-state index contributed by atoms with van der Waals surface area (Å²) in [6.07, 6.45) is 5.48. The molecule has 1 aromatic carbocycles. The largest absolute Gasteiger partial charge is 0.351 e. The van der Waals surface area contributed by atoms with Gasteiger partial charge in [-0.2, -0.15) is 16.1 Å². The number of aryl methyl sites for hydroxylation is 1. The Hall–Kier alpha value is -1.58. The number of nitrogens with one attached hydrogen (secondary N) is 2. The van der Waals surface area contributed by atoms with Crippen molar-refractivity contribution in [2.45, 2.75) is 56.0 Å². The number of benzene rings is 1. The van der Waals surface area contributed by atoms with Gasteiger partial charge in [0.25, 0.3) is 0 Å². The smallest absolute Gasteiger partial charge is 0.243 e. The number of rotatable bonds is 9. The van der Waals surface area contributed by atoms with Gasteiger partial charge in [0.2, 0.25) is 21.8 Å². The standard InChI is InChI=1S/C21H31N3O4S2/c1-15-3-7-18(8-4-15)30(27,28)24-12-9-17(10-13-24)22-21(26)19(11-14-29-2)23-20(25)16-5-6-16/h3-4,7-8,16-17,19H,5-6,9-14H2,1-2H3,(H,22,26)(H,23,25)/t19-/m0/s1. The van der Waals surface area contributed by atoms with Gasteiger partial charge in [0.05, 0.1) is 4.90 Å². The third kappa shape index (κ3) is 5.98. The zero-order valence-electron chi connectivity index (χ0n) is 17.6. The summed E-state index contributed by atoms with van der Waals surface area (Å²) in [6.45, 7) is 2.65. The van der Waals surface area contributed by atoms with E-state index in [4.69, 9.17) is 0 Å². The predicted octanol–water partition coefficient (Wildman–Crippen LogP) is 1.91. The van der Waals surface area contributed by atoms with Gasteiger partial charge in [-0.15, -0.1) is 0 Å². The van der Waals surface area contributed by atoms with Gasteiger partial charge >= 0.3 is 0 Å². The molecule has 2 aliphatic rings. The van der Waals surface area contributed by atoms with E-state index in [9.17, 15) is 18.0 Å². The van der Waals surface area contributed by atoms with Crippen LogP contribution in [0.5, 0.6) is 0 Å². The highest BCUT2D eigenvalue weighted by Gasteiger charge is 2.34. The zero-order chi connectivity index (χ0) is 21.7. The molecule has 9 heteroatoms. The van der Waals surface area contributed by atoms with E-state index in [-0.39, 0.29) is 23.8 Å². The van der Waals surface area contributed by atoms with Crippen molar-refractivity contribution >= 4 is 33.6 Å². The number of piperidine rings is 1. The third-order valence-corrected chi connectivity index (χ3v) is 8.21. The molecule has 2 amide bonds. The Morgan fingerprint density at radius 1 is 1.13 bits per heavy atom. The van der Waals surface area contributed by atoms with Gasteiger partial charge < -0.3 is 10.6 Å². The molecular weight excluding hydrogens is 422 g/mol. The minimum absolute atomic E-state index is 0.0322. The number of carbonyl (C=O) groups excluding carboxylic acids is 2. The average molecular weight is 454 g/mol. The molecule has 2 N–H and O–H groups in total. The van der Waals surface area contributed by atoms with Crippen molar-refractivity contribution in [3.05, 3.63) is 29.8 Å². The molecule has 3 rings (SSSR count). The molecule has 0 bridgehead atoms. The monoisotopic (exact) mass is 453 g/mol. The maximum absolute atomic E-state index is 12.8. The van der Waals surface area contributed by atoms with Crippen LogP contribution in [0, 0.1) is 12.8 Å². The van der Waals surface area contributed by atoms with Crippen molar-refractivity contribution < 1.29 is 18.0 Å². The molecule has 0 spiro atoms. The van der Waals surface area contributed by atoms with Crippen molar-refractivity contribution in [1.29, 1.82) is 0 Å². The van der Waals surface area contributed by atoms with Crippen LogP contribution < -0.4 is 10.6 Å². The SMILES string of the molecule is CSCC[C@H](NC(=O)C1CC1)C(=O)NC1CCN(S(=O)(=O)c2ccc(C)cc2)CC1. The van der Waals surface area contributed by atoms with Crippen LogP contribution >= 0.6 is 11.8 Å². The summed E-state index contributed by atoms with van der Waals surface area (Å²) in [5.41, 5.74) is 1.01. The average Bonchev–Trinajstić information content (AvgIpc) is 3.57. The molecule has 0 radical (unpaired) electrons. The molecule has 0 aromatic heterocycles. The van der Waals surface area contributed by atoms with Crippen molar-refractivity contribution in [2.24, 2.45) is 5.92 Å². The molecule has 7 nitrogen and oxygen atoms in total. The Bertz CT molecular complexity index is 846. The van der Waals surface area contributed by atoms with E-state index in [1.807, 2.05) is 13.2 Å². The Kier molecular flexibility index (Phi) is 7.81. The molecule has 1 aliphatic carbocycles. The van der Waals surface area contributed by atoms with E-state index >= 15 is 0 Å². The molecule has 166 valence electrons. The maximum atomic E-state index is 12.8. The fourth-order valence-corrected chi connectivity index (χ4v) is 5.48. The summed E-state index contributed by atoms with van der Waals surface area (Å²) in [7, 11) is -3.52. The van der Waals surface area contributed by atoms with E-state index < -0.39 is 16.1 Å². The number of sulfonamides is 1. The summed E-state index contributed by atoms with van der Waals surface area (Å²) in [6, 6.07) is 6.25. The molecule has 0 unspecified atom stereocenters. The molecule has 1 atom stereocenters. The predicted molar refractivity (Wildman–Crippen MR) is 119 cm³/mol. The second-order valence-corrected chi connectivity index (χ2v) is 11.0. The van der Waals surface area contributed by atoms with Crippen molar-refractivity contribution in [1.82, 2.24) is 14.9 Å². The highest BCUT2D eigenvalue weighted by molar-refractivity contribution is 7.98. The third-order valence-electron chi connectivity index (χ3n) is 5.65. The lowest BCUT2D eigenvalue weighted by molar-refractivity contribution is -0.130. The van der Waals surface area contributed by atoms with Gasteiger partial charge in [-0.25, -0.2) is 8.42 Å². The normalized spacial score (nSPS) is 19.3. The van der Waals surface area contributed by atoms with E-state index in [0.29, 0.717) is 37.2 Å². The molecule has 2 fully saturated rings. The van der Waals surface area contributed by atoms with Crippen molar-refractivity contribution in [3.63, 3.8) is 0 Å². The number of hydrogen-bond acceptors (Lipinski definition) is 5. The van der Waals surface area contributed by atoms with Crippen LogP contribution in [0.1, 0.15) is 37.7 Å². The summed E-state index contributed by atoms with van der Waals surface area (Å²) < 4.78 is 27.2. The number of carbonyl (C=O) groups is 2. The number of thioether (sulfide) groups is 1. The van der Waals surface area contributed by atoms with Gasteiger partial charge in [0, 0.05) is 25.0 Å². The first-order valence-corrected chi connectivity index (χ1v) is 13.3. The van der Waals surface area contributed by atoms with E-state index in [2.05, 4.69) is 10.6 Å². The zero-order valence-corrected chi connectivity index (χ0v) is 19.2. The van der Waals surface area contributed by atoms with Crippen LogP contribution in [0.15, 0.2) is 29.2 Å². The van der Waals surface area contributed by atoms with Gasteiger partial charge in [-0.05, 0) is 63.2 Å². The molecule has 1 aromatic rings. The van der Waals surface area contributed by atoms with Gasteiger partial charge in [-0.3, -0.25) is 9.59 Å². The van der Waals surface area contributed by atoms with E-state index in [1.165, 1.54) is 4.31 Å². The Labute approximate surface area is 183 Å². The van der Waals surface area contributed by atoms with Gasteiger partial charge in [-0.1, -0.05) is 17.7 Å². The van der Waals surface area contributed by atoms with Gasteiger partial charge in [0.15, 0.2) is 0 Å². The van der Waals surface area contributed by atoms with Crippen LogP contribution in [0.25, 0.3) is 0 Å². The lowest BCUT2D eigenvalue weighted by atomic mass is 10.1. The van der Waals surface area contributed by atoms with Crippen LogP contribution in [0.2, 0.25) is 0 Å². The Morgan fingerprint density at radius 2 is 1.77 bits per heavy atom. The first-order chi connectivity index (χ1) is 14.3. The summed E-state index contributed by atoms with van der Waals surface area (Å²) in [5, 5.41) is 5.92. The minimum atomic E-state index is -3.52. The maximum Gasteiger partial charge on any atom is 0.243 e. The Balaban J connectivity index is 1.53. The fraction of sp³-hybridized carbons (Fsp3) is 0.619. The van der Waals surface area contributed by atoms with Crippen LogP contribution in [-0.2, 0) is 19.6 Å². The van der Waals surface area contributed by atoms with E-state index in [0.717, 1.165) is 24.2 Å². The summed E-state index contributed by atoms with van der Waals surface area (Å²) >= 11 is 1.64. The minimum Gasteiger partial charge on any atom is -0.351 e. The fourth-order valence-electron chi connectivity index (χ4n) is 3.54. The highest BCUT2D eigenvalue weighted by atomic mass is 32.2. The van der Waals surface area contributed by atoms with Crippen LogP contribution in [0.3, 0.4) is 0 Å². The van der Waals surface area contributed by atoms with E-state index in [1.54, 1.807) is 36.0 Å². The molecule has 1 heterocycles. The number of nitrogens with zero attached hydrogens (tertiary/aromatic N) is 1. The first-order valence-electron chi connectivity index (χ1n) is 10.5. The summed E-state index contributed by atoms with van der Waals surface area (Å²) in [5.74, 6) is 0.647. The lowest BCUT2D eigenvalue weighted by Gasteiger charge is -2.32. The van der Waals surface area contributed by atoms with Crippen LogP contribution in [-0.4, -0.2) is 61.7 Å². The van der Waals surface area contributed by atoms with Gasteiger partial charge in [0.1, 0.15) is 6.04 Å². The quantitative estimate of drug-likeness (QED) is 0.596. The van der Waals surface area contributed by atoms with Crippen molar-refractivity contribution in [3.8, 4) is 0 Å². The second kappa shape index (κ2) is 10.2. The highest BCUT2D eigenvalue weighted by Crippen LogP contribution is 2.29. The molecule has 1 saturated carbocycles. The first kappa shape index (κ1) is 23.1. The Morgan fingerprint density at radius 3 is 2.33 bits per heavy atom. The molecule has 1 aliphatic heterocycles. The molecule has 30 heavy (non-hydrogen) atoms. The van der Waals surface area contributed by atoms with Crippen molar-refractivity contribution in [2.75, 3.05) is 25.1 Å². The second-order valence-electron chi connectivity index (χ2n) is 8.12.